The Labute approximate surface area is 94.4 Å². The Hall–Kier alpha value is -0.0800. The Balaban J connectivity index is 1.80. The van der Waals surface area contributed by atoms with E-state index in [0.717, 1.165) is 18.0 Å². The molecule has 1 aliphatic heterocycles. The second-order valence-electron chi connectivity index (χ2n) is 5.56. The van der Waals surface area contributed by atoms with E-state index in [2.05, 4.69) is 24.2 Å². The van der Waals surface area contributed by atoms with Gasteiger partial charge in [-0.15, -0.1) is 0 Å². The normalized spacial score (nSPS) is 37.4. The zero-order chi connectivity index (χ0) is 10.7. The van der Waals surface area contributed by atoms with Crippen molar-refractivity contribution in [3.8, 4) is 0 Å². The van der Waals surface area contributed by atoms with Crippen LogP contribution in [0.25, 0.3) is 0 Å². The first-order chi connectivity index (χ1) is 7.27. The maximum atomic E-state index is 3.60. The van der Waals surface area contributed by atoms with Crippen molar-refractivity contribution >= 4 is 0 Å². The molecule has 3 unspecified atom stereocenters. The highest BCUT2D eigenvalue weighted by Gasteiger charge is 2.26. The van der Waals surface area contributed by atoms with Crippen molar-refractivity contribution in [1.29, 1.82) is 0 Å². The number of nitrogens with zero attached hydrogens (tertiary/aromatic N) is 1. The molecule has 2 fully saturated rings. The SMILES string of the molecule is CC1CCCCC1N(C)CC1CCCN1. The molecule has 1 heterocycles. The molecular formula is C13H26N2. The minimum Gasteiger partial charge on any atom is -0.313 e. The van der Waals surface area contributed by atoms with Crippen molar-refractivity contribution in [2.75, 3.05) is 20.1 Å². The monoisotopic (exact) mass is 210 g/mol. The molecule has 0 aromatic heterocycles. The van der Waals surface area contributed by atoms with Crippen LogP contribution in [0.15, 0.2) is 0 Å². The van der Waals surface area contributed by atoms with Crippen molar-refractivity contribution in [2.24, 2.45) is 5.92 Å². The molecular weight excluding hydrogens is 184 g/mol. The summed E-state index contributed by atoms with van der Waals surface area (Å²) in [5.74, 6) is 0.908. The summed E-state index contributed by atoms with van der Waals surface area (Å²) in [5.41, 5.74) is 0. The molecule has 88 valence electrons. The molecule has 0 spiro atoms. The van der Waals surface area contributed by atoms with E-state index in [1.807, 2.05) is 0 Å². The van der Waals surface area contributed by atoms with Crippen molar-refractivity contribution in [1.82, 2.24) is 10.2 Å². The van der Waals surface area contributed by atoms with Gasteiger partial charge in [0, 0.05) is 18.6 Å². The summed E-state index contributed by atoms with van der Waals surface area (Å²) in [5, 5.41) is 3.60. The summed E-state index contributed by atoms with van der Waals surface area (Å²) in [6.45, 7) is 4.93. The van der Waals surface area contributed by atoms with Gasteiger partial charge in [0.15, 0.2) is 0 Å². The molecule has 1 N–H and O–H groups in total. The molecule has 2 nitrogen and oxygen atoms in total. The fourth-order valence-corrected chi connectivity index (χ4v) is 3.35. The van der Waals surface area contributed by atoms with Gasteiger partial charge in [0.25, 0.3) is 0 Å². The lowest BCUT2D eigenvalue weighted by molar-refractivity contribution is 0.130. The van der Waals surface area contributed by atoms with E-state index in [-0.39, 0.29) is 0 Å². The van der Waals surface area contributed by atoms with E-state index >= 15 is 0 Å². The van der Waals surface area contributed by atoms with Crippen LogP contribution in [0.3, 0.4) is 0 Å². The summed E-state index contributed by atoms with van der Waals surface area (Å²) in [7, 11) is 2.33. The first-order valence-corrected chi connectivity index (χ1v) is 6.71. The third kappa shape index (κ3) is 2.94. The highest BCUT2D eigenvalue weighted by atomic mass is 15.2. The lowest BCUT2D eigenvalue weighted by atomic mass is 9.85. The van der Waals surface area contributed by atoms with E-state index in [4.69, 9.17) is 0 Å². The zero-order valence-electron chi connectivity index (χ0n) is 10.3. The van der Waals surface area contributed by atoms with E-state index < -0.39 is 0 Å². The second-order valence-corrected chi connectivity index (χ2v) is 5.56. The summed E-state index contributed by atoms with van der Waals surface area (Å²) in [6, 6.07) is 1.62. The second kappa shape index (κ2) is 5.31. The van der Waals surface area contributed by atoms with Crippen LogP contribution >= 0.6 is 0 Å². The lowest BCUT2D eigenvalue weighted by Gasteiger charge is -2.37. The van der Waals surface area contributed by atoms with Crippen LogP contribution in [0.2, 0.25) is 0 Å². The molecule has 2 rings (SSSR count). The molecule has 0 aromatic rings. The maximum absolute atomic E-state index is 3.60. The summed E-state index contributed by atoms with van der Waals surface area (Å²) < 4.78 is 0. The van der Waals surface area contributed by atoms with E-state index in [0.29, 0.717) is 0 Å². The van der Waals surface area contributed by atoms with Gasteiger partial charge in [0.05, 0.1) is 0 Å². The van der Waals surface area contributed by atoms with Gasteiger partial charge in [-0.3, -0.25) is 0 Å². The van der Waals surface area contributed by atoms with Crippen LogP contribution in [-0.4, -0.2) is 37.1 Å². The minimum atomic E-state index is 0.768. The lowest BCUT2D eigenvalue weighted by Crippen LogP contribution is -2.44. The van der Waals surface area contributed by atoms with Crippen molar-refractivity contribution in [2.45, 2.75) is 57.5 Å². The Bertz CT molecular complexity index is 187. The van der Waals surface area contributed by atoms with Gasteiger partial charge in [-0.05, 0) is 45.2 Å². The molecule has 3 atom stereocenters. The maximum Gasteiger partial charge on any atom is 0.0195 e. The standard InChI is InChI=1S/C13H26N2/c1-11-6-3-4-8-13(11)15(2)10-12-7-5-9-14-12/h11-14H,3-10H2,1-2H3. The predicted molar refractivity (Wildman–Crippen MR) is 65.1 cm³/mol. The molecule has 0 aromatic carbocycles. The average molecular weight is 210 g/mol. The Kier molecular flexibility index (Phi) is 4.04. The van der Waals surface area contributed by atoms with E-state index in [9.17, 15) is 0 Å². The van der Waals surface area contributed by atoms with Gasteiger partial charge in [-0.25, -0.2) is 0 Å². The summed E-state index contributed by atoms with van der Waals surface area (Å²) in [4.78, 5) is 2.62. The zero-order valence-corrected chi connectivity index (χ0v) is 10.3. The smallest absolute Gasteiger partial charge is 0.0195 e. The van der Waals surface area contributed by atoms with Gasteiger partial charge in [-0.1, -0.05) is 19.8 Å². The number of hydrogen-bond acceptors (Lipinski definition) is 2. The first kappa shape index (κ1) is 11.4. The van der Waals surface area contributed by atoms with E-state index in [1.54, 1.807) is 0 Å². The molecule has 1 saturated heterocycles. The van der Waals surface area contributed by atoms with Crippen LogP contribution in [0, 0.1) is 5.92 Å². The molecule has 0 amide bonds. The average Bonchev–Trinajstić information content (AvgIpc) is 2.71. The third-order valence-electron chi connectivity index (χ3n) is 4.30. The van der Waals surface area contributed by atoms with Crippen LogP contribution < -0.4 is 5.32 Å². The molecule has 1 aliphatic carbocycles. The van der Waals surface area contributed by atoms with Crippen LogP contribution in [0.4, 0.5) is 0 Å². The first-order valence-electron chi connectivity index (χ1n) is 6.71. The van der Waals surface area contributed by atoms with Crippen molar-refractivity contribution < 1.29 is 0 Å². The number of hydrogen-bond donors (Lipinski definition) is 1. The molecule has 15 heavy (non-hydrogen) atoms. The largest absolute Gasteiger partial charge is 0.313 e. The molecule has 2 aliphatic rings. The highest BCUT2D eigenvalue weighted by Crippen LogP contribution is 2.27. The molecule has 2 heteroatoms. The van der Waals surface area contributed by atoms with Crippen molar-refractivity contribution in [3.05, 3.63) is 0 Å². The van der Waals surface area contributed by atoms with Gasteiger partial charge in [0.1, 0.15) is 0 Å². The quantitative estimate of drug-likeness (QED) is 0.768. The topological polar surface area (TPSA) is 15.3 Å². The Morgan fingerprint density at radius 3 is 2.60 bits per heavy atom. The third-order valence-corrected chi connectivity index (χ3v) is 4.30. The van der Waals surface area contributed by atoms with E-state index in [1.165, 1.54) is 51.6 Å². The Morgan fingerprint density at radius 2 is 1.93 bits per heavy atom. The van der Waals surface area contributed by atoms with Gasteiger partial charge < -0.3 is 10.2 Å². The van der Waals surface area contributed by atoms with Crippen LogP contribution in [0.1, 0.15) is 45.4 Å². The van der Waals surface area contributed by atoms with Crippen LogP contribution in [-0.2, 0) is 0 Å². The van der Waals surface area contributed by atoms with Gasteiger partial charge in [-0.2, -0.15) is 0 Å². The number of rotatable bonds is 3. The van der Waals surface area contributed by atoms with Gasteiger partial charge >= 0.3 is 0 Å². The number of nitrogens with one attached hydrogen (secondary N) is 1. The highest BCUT2D eigenvalue weighted by molar-refractivity contribution is 4.83. The molecule has 0 radical (unpaired) electrons. The van der Waals surface area contributed by atoms with Crippen molar-refractivity contribution in [3.63, 3.8) is 0 Å². The summed E-state index contributed by atoms with van der Waals surface area (Å²) in [6.07, 6.45) is 8.51. The minimum absolute atomic E-state index is 0.768. The molecule has 0 bridgehead atoms. The van der Waals surface area contributed by atoms with Gasteiger partial charge in [0.2, 0.25) is 0 Å². The Morgan fingerprint density at radius 1 is 1.13 bits per heavy atom. The fourth-order valence-electron chi connectivity index (χ4n) is 3.35. The number of likely N-dealkylation sites (N-methyl/N-ethyl adjacent to an activating group) is 1. The summed E-state index contributed by atoms with van der Waals surface area (Å²) >= 11 is 0. The molecule has 1 saturated carbocycles. The predicted octanol–water partition coefficient (Wildman–Crippen LogP) is 2.25. The van der Waals surface area contributed by atoms with Crippen LogP contribution in [0.5, 0.6) is 0 Å². The fraction of sp³-hybridized carbons (Fsp3) is 1.00.